The summed E-state index contributed by atoms with van der Waals surface area (Å²) >= 11 is 0. The van der Waals surface area contributed by atoms with Crippen LogP contribution in [0.1, 0.15) is 33.6 Å². The molecule has 1 fully saturated rings. The van der Waals surface area contributed by atoms with E-state index in [0.29, 0.717) is 18.2 Å². The summed E-state index contributed by atoms with van der Waals surface area (Å²) in [4.78, 5) is 10.6. The summed E-state index contributed by atoms with van der Waals surface area (Å²) in [7, 11) is 0. The van der Waals surface area contributed by atoms with E-state index in [9.17, 15) is 4.79 Å². The molecule has 1 heterocycles. The van der Waals surface area contributed by atoms with Gasteiger partial charge in [-0.1, -0.05) is 6.08 Å². The Morgan fingerprint density at radius 3 is 2.88 bits per heavy atom. The maximum Gasteiger partial charge on any atom is 0.330 e. The number of carboxylic acid groups (broad SMARTS) is 1. The van der Waals surface area contributed by atoms with E-state index in [1.54, 1.807) is 13.0 Å². The Kier molecular flexibility index (Phi) is 4.50. The molecule has 0 aromatic carbocycles. The normalized spacial score (nSPS) is 25.4. The molecule has 4 heteroatoms. The van der Waals surface area contributed by atoms with Gasteiger partial charge in [0.15, 0.2) is 0 Å². The molecule has 1 unspecified atom stereocenters. The first-order valence-electron chi connectivity index (χ1n) is 5.68. The van der Waals surface area contributed by atoms with Crippen LogP contribution in [-0.2, 0) is 9.53 Å². The first-order chi connectivity index (χ1) is 7.41. The molecule has 16 heavy (non-hydrogen) atoms. The molecule has 1 aliphatic rings. The maximum absolute atomic E-state index is 10.6. The lowest BCUT2D eigenvalue weighted by atomic mass is 9.94. The molecule has 1 atom stereocenters. The van der Waals surface area contributed by atoms with Crippen LogP contribution in [0.15, 0.2) is 11.6 Å². The lowest BCUT2D eigenvalue weighted by Crippen LogP contribution is -2.43. The van der Waals surface area contributed by atoms with Gasteiger partial charge in [0.25, 0.3) is 0 Å². The standard InChI is InChI=1S/C12H21NO3/c1-9(11(14)15)4-6-13-10-5-7-16-12(2,3)8-10/h4,10,13H,5-8H2,1-3H3,(H,14,15). The van der Waals surface area contributed by atoms with Gasteiger partial charge in [-0.25, -0.2) is 4.79 Å². The number of aliphatic carboxylic acids is 1. The Hall–Kier alpha value is -0.870. The van der Waals surface area contributed by atoms with Crippen LogP contribution in [0.4, 0.5) is 0 Å². The van der Waals surface area contributed by atoms with Gasteiger partial charge in [-0.05, 0) is 33.6 Å². The van der Waals surface area contributed by atoms with Crippen molar-refractivity contribution in [3.05, 3.63) is 11.6 Å². The number of rotatable bonds is 4. The van der Waals surface area contributed by atoms with E-state index in [4.69, 9.17) is 9.84 Å². The van der Waals surface area contributed by atoms with Crippen molar-refractivity contribution in [3.63, 3.8) is 0 Å². The van der Waals surface area contributed by atoms with Gasteiger partial charge in [0.1, 0.15) is 0 Å². The highest BCUT2D eigenvalue weighted by Crippen LogP contribution is 2.23. The monoisotopic (exact) mass is 227 g/mol. The van der Waals surface area contributed by atoms with Crippen LogP contribution < -0.4 is 5.32 Å². The van der Waals surface area contributed by atoms with Crippen LogP contribution >= 0.6 is 0 Å². The minimum atomic E-state index is -0.853. The first-order valence-corrected chi connectivity index (χ1v) is 5.68. The molecule has 1 aliphatic heterocycles. The van der Waals surface area contributed by atoms with Gasteiger partial charge in [0.2, 0.25) is 0 Å². The average Bonchev–Trinajstić information content (AvgIpc) is 2.15. The first kappa shape index (κ1) is 13.2. The molecule has 1 saturated heterocycles. The number of carbonyl (C=O) groups is 1. The van der Waals surface area contributed by atoms with Crippen LogP contribution in [0, 0.1) is 0 Å². The molecule has 0 bridgehead atoms. The van der Waals surface area contributed by atoms with Crippen LogP contribution in [0.5, 0.6) is 0 Å². The summed E-state index contributed by atoms with van der Waals surface area (Å²) in [6.45, 7) is 7.15. The van der Waals surface area contributed by atoms with Crippen molar-refractivity contribution in [1.29, 1.82) is 0 Å². The Bertz CT molecular complexity index is 284. The molecule has 4 nitrogen and oxygen atoms in total. The molecule has 92 valence electrons. The van der Waals surface area contributed by atoms with E-state index < -0.39 is 5.97 Å². The van der Waals surface area contributed by atoms with Crippen molar-refractivity contribution in [3.8, 4) is 0 Å². The van der Waals surface area contributed by atoms with Gasteiger partial charge in [0, 0.05) is 24.8 Å². The van der Waals surface area contributed by atoms with Crippen molar-refractivity contribution in [2.24, 2.45) is 0 Å². The average molecular weight is 227 g/mol. The van der Waals surface area contributed by atoms with Crippen LogP contribution in [0.3, 0.4) is 0 Å². The summed E-state index contributed by atoms with van der Waals surface area (Å²) in [6, 6.07) is 0.418. The van der Waals surface area contributed by atoms with E-state index in [2.05, 4.69) is 19.2 Å². The van der Waals surface area contributed by atoms with Crippen LogP contribution in [0.2, 0.25) is 0 Å². The minimum absolute atomic E-state index is 0.0680. The molecule has 0 saturated carbocycles. The molecule has 0 spiro atoms. The quantitative estimate of drug-likeness (QED) is 0.716. The second-order valence-electron chi connectivity index (χ2n) is 4.90. The molecule has 2 N–H and O–H groups in total. The van der Waals surface area contributed by atoms with E-state index in [-0.39, 0.29) is 5.60 Å². The zero-order chi connectivity index (χ0) is 12.2. The predicted octanol–water partition coefficient (Wildman–Crippen LogP) is 1.56. The Morgan fingerprint density at radius 1 is 1.62 bits per heavy atom. The summed E-state index contributed by atoms with van der Waals surface area (Å²) in [5.41, 5.74) is 0.320. The predicted molar refractivity (Wildman–Crippen MR) is 62.4 cm³/mol. The van der Waals surface area contributed by atoms with Gasteiger partial charge in [0.05, 0.1) is 5.60 Å². The molecular weight excluding hydrogens is 206 g/mol. The SMILES string of the molecule is CC(=CCNC1CCOC(C)(C)C1)C(=O)O. The zero-order valence-corrected chi connectivity index (χ0v) is 10.2. The third kappa shape index (κ3) is 4.33. The molecule has 0 amide bonds. The van der Waals surface area contributed by atoms with Gasteiger partial charge in [-0.3, -0.25) is 0 Å². The largest absolute Gasteiger partial charge is 0.478 e. The second-order valence-corrected chi connectivity index (χ2v) is 4.90. The van der Waals surface area contributed by atoms with Gasteiger partial charge in [-0.15, -0.1) is 0 Å². The van der Waals surface area contributed by atoms with E-state index in [1.165, 1.54) is 0 Å². The topological polar surface area (TPSA) is 58.6 Å². The minimum Gasteiger partial charge on any atom is -0.478 e. The van der Waals surface area contributed by atoms with E-state index in [0.717, 1.165) is 19.4 Å². The summed E-state index contributed by atoms with van der Waals surface area (Å²) in [6.07, 6.45) is 3.67. The Morgan fingerprint density at radius 2 is 2.31 bits per heavy atom. The summed E-state index contributed by atoms with van der Waals surface area (Å²) in [5.74, 6) is -0.853. The molecule has 0 aromatic heterocycles. The van der Waals surface area contributed by atoms with Gasteiger partial charge in [-0.2, -0.15) is 0 Å². The second kappa shape index (κ2) is 5.46. The number of hydrogen-bond acceptors (Lipinski definition) is 3. The fraction of sp³-hybridized carbons (Fsp3) is 0.750. The lowest BCUT2D eigenvalue weighted by Gasteiger charge is -2.35. The molecule has 0 radical (unpaired) electrons. The van der Waals surface area contributed by atoms with Crippen LogP contribution in [0.25, 0.3) is 0 Å². The lowest BCUT2D eigenvalue weighted by molar-refractivity contribution is -0.132. The number of hydrogen-bond donors (Lipinski definition) is 2. The van der Waals surface area contributed by atoms with Crippen molar-refractivity contribution in [2.45, 2.75) is 45.3 Å². The molecule has 1 rings (SSSR count). The number of nitrogens with one attached hydrogen (secondary N) is 1. The third-order valence-corrected chi connectivity index (χ3v) is 2.85. The number of carboxylic acids is 1. The van der Waals surface area contributed by atoms with Crippen molar-refractivity contribution >= 4 is 5.97 Å². The van der Waals surface area contributed by atoms with Crippen molar-refractivity contribution < 1.29 is 14.6 Å². The fourth-order valence-electron chi connectivity index (χ4n) is 1.87. The van der Waals surface area contributed by atoms with Crippen molar-refractivity contribution in [2.75, 3.05) is 13.2 Å². The van der Waals surface area contributed by atoms with Gasteiger partial charge < -0.3 is 15.2 Å². The van der Waals surface area contributed by atoms with E-state index >= 15 is 0 Å². The Labute approximate surface area is 96.7 Å². The number of ether oxygens (including phenoxy) is 1. The molecular formula is C12H21NO3. The van der Waals surface area contributed by atoms with Crippen LogP contribution in [-0.4, -0.2) is 35.9 Å². The van der Waals surface area contributed by atoms with Crippen molar-refractivity contribution in [1.82, 2.24) is 5.32 Å². The summed E-state index contributed by atoms with van der Waals surface area (Å²) < 4.78 is 5.61. The third-order valence-electron chi connectivity index (χ3n) is 2.85. The smallest absolute Gasteiger partial charge is 0.330 e. The van der Waals surface area contributed by atoms with E-state index in [1.807, 2.05) is 0 Å². The maximum atomic E-state index is 10.6. The zero-order valence-electron chi connectivity index (χ0n) is 10.2. The highest BCUT2D eigenvalue weighted by molar-refractivity contribution is 5.85. The molecule has 0 aromatic rings. The Balaban J connectivity index is 2.33. The highest BCUT2D eigenvalue weighted by Gasteiger charge is 2.28. The summed E-state index contributed by atoms with van der Waals surface area (Å²) in [5, 5.41) is 12.0. The highest BCUT2D eigenvalue weighted by atomic mass is 16.5. The fourth-order valence-corrected chi connectivity index (χ4v) is 1.87. The molecule has 0 aliphatic carbocycles. The van der Waals surface area contributed by atoms with Gasteiger partial charge >= 0.3 is 5.97 Å².